The molecule has 0 amide bonds. The number of anilines is 1. The number of hydrogen-bond donors (Lipinski definition) is 2. The normalized spacial score (nSPS) is 10.9. The first-order chi connectivity index (χ1) is 9.60. The molecule has 0 aliphatic heterocycles. The molecule has 3 rings (SSSR count). The lowest BCUT2D eigenvalue weighted by Crippen LogP contribution is -1.99. The molecule has 3 aromatic rings. The fourth-order valence-corrected chi connectivity index (χ4v) is 2.32. The van der Waals surface area contributed by atoms with Gasteiger partial charge in [0.2, 0.25) is 5.95 Å². The first-order valence-electron chi connectivity index (χ1n) is 6.22. The summed E-state index contributed by atoms with van der Waals surface area (Å²) in [4.78, 5) is 8.50. The van der Waals surface area contributed by atoms with E-state index in [1.54, 1.807) is 13.3 Å². The molecule has 0 saturated heterocycles. The van der Waals surface area contributed by atoms with Gasteiger partial charge in [0.25, 0.3) is 0 Å². The van der Waals surface area contributed by atoms with Crippen molar-refractivity contribution in [1.82, 2.24) is 20.2 Å². The van der Waals surface area contributed by atoms with Crippen molar-refractivity contribution in [2.75, 3.05) is 12.8 Å². The first kappa shape index (κ1) is 12.4. The minimum absolute atomic E-state index is 0.227. The van der Waals surface area contributed by atoms with Crippen LogP contribution >= 0.6 is 0 Å². The van der Waals surface area contributed by atoms with Crippen LogP contribution in [0.15, 0.2) is 18.3 Å². The molecule has 0 radical (unpaired) electrons. The summed E-state index contributed by atoms with van der Waals surface area (Å²) in [6, 6.07) is 4.04. The molecule has 2 aromatic heterocycles. The number of aromatic nitrogens is 4. The van der Waals surface area contributed by atoms with Gasteiger partial charge in [0.15, 0.2) is 5.65 Å². The van der Waals surface area contributed by atoms with Crippen LogP contribution in [0.25, 0.3) is 22.3 Å². The number of nitrogen functional groups attached to an aromatic ring is 1. The Balaban J connectivity index is 2.30. The Morgan fingerprint density at radius 2 is 1.95 bits per heavy atom. The third-order valence-corrected chi connectivity index (χ3v) is 3.32. The van der Waals surface area contributed by atoms with Crippen LogP contribution in [0.3, 0.4) is 0 Å². The summed E-state index contributed by atoms with van der Waals surface area (Å²) >= 11 is 0. The maximum absolute atomic E-state index is 5.77. The number of benzene rings is 1. The minimum Gasteiger partial charge on any atom is -0.496 e. The molecular weight excluding hydrogens is 254 g/mol. The van der Waals surface area contributed by atoms with Gasteiger partial charge in [0, 0.05) is 5.56 Å². The van der Waals surface area contributed by atoms with Crippen LogP contribution in [0.2, 0.25) is 0 Å². The average molecular weight is 269 g/mol. The maximum atomic E-state index is 5.77. The number of aryl methyl sites for hydroxylation is 2. The summed E-state index contributed by atoms with van der Waals surface area (Å²) < 4.78 is 5.34. The molecule has 6 nitrogen and oxygen atoms in total. The standard InChI is InChI=1S/C14H15N5O/c1-7-5-11(20-3)8(2)4-9(7)12-10-6-16-19-13(10)18-14(15)17-12/h4-6H,1-3H3,(H3,15,16,17,18,19). The summed E-state index contributed by atoms with van der Waals surface area (Å²) in [5.41, 5.74) is 10.3. The van der Waals surface area contributed by atoms with Crippen molar-refractivity contribution >= 4 is 17.0 Å². The van der Waals surface area contributed by atoms with E-state index < -0.39 is 0 Å². The Bertz CT molecular complexity index is 794. The zero-order valence-corrected chi connectivity index (χ0v) is 11.6. The molecule has 3 N–H and O–H groups in total. The molecule has 0 atom stereocenters. The van der Waals surface area contributed by atoms with Gasteiger partial charge < -0.3 is 10.5 Å². The van der Waals surface area contributed by atoms with Gasteiger partial charge in [-0.2, -0.15) is 10.1 Å². The van der Waals surface area contributed by atoms with Gasteiger partial charge >= 0.3 is 0 Å². The van der Waals surface area contributed by atoms with Gasteiger partial charge in [-0.15, -0.1) is 0 Å². The zero-order chi connectivity index (χ0) is 14.3. The third kappa shape index (κ3) is 1.85. The van der Waals surface area contributed by atoms with Crippen molar-refractivity contribution < 1.29 is 4.74 Å². The van der Waals surface area contributed by atoms with E-state index in [0.29, 0.717) is 5.65 Å². The number of methoxy groups -OCH3 is 1. The van der Waals surface area contributed by atoms with Gasteiger partial charge in [0.1, 0.15) is 5.75 Å². The van der Waals surface area contributed by atoms with E-state index in [9.17, 15) is 0 Å². The van der Waals surface area contributed by atoms with Crippen LogP contribution in [-0.4, -0.2) is 27.3 Å². The van der Waals surface area contributed by atoms with E-state index in [2.05, 4.69) is 20.2 Å². The lowest BCUT2D eigenvalue weighted by Gasteiger charge is -2.11. The fraction of sp³-hybridized carbons (Fsp3) is 0.214. The van der Waals surface area contributed by atoms with Gasteiger partial charge in [-0.1, -0.05) is 0 Å². The Morgan fingerprint density at radius 3 is 2.70 bits per heavy atom. The lowest BCUT2D eigenvalue weighted by molar-refractivity contribution is 0.411. The molecule has 0 spiro atoms. The number of nitrogens with one attached hydrogen (secondary N) is 1. The van der Waals surface area contributed by atoms with Crippen molar-refractivity contribution in [3.8, 4) is 17.0 Å². The Kier molecular flexibility index (Phi) is 2.78. The number of nitrogens with two attached hydrogens (primary N) is 1. The van der Waals surface area contributed by atoms with Crippen molar-refractivity contribution in [2.45, 2.75) is 13.8 Å². The summed E-state index contributed by atoms with van der Waals surface area (Å²) in [6.07, 6.45) is 1.71. The zero-order valence-electron chi connectivity index (χ0n) is 11.6. The molecule has 6 heteroatoms. The summed E-state index contributed by atoms with van der Waals surface area (Å²) in [5, 5.41) is 7.68. The third-order valence-electron chi connectivity index (χ3n) is 3.32. The maximum Gasteiger partial charge on any atom is 0.222 e. The summed E-state index contributed by atoms with van der Waals surface area (Å²) in [5.74, 6) is 1.08. The molecule has 0 aliphatic carbocycles. The number of aromatic amines is 1. The second kappa shape index (κ2) is 4.48. The highest BCUT2D eigenvalue weighted by molar-refractivity contribution is 5.91. The predicted molar refractivity (Wildman–Crippen MR) is 77.6 cm³/mol. The van der Waals surface area contributed by atoms with Crippen LogP contribution < -0.4 is 10.5 Å². The van der Waals surface area contributed by atoms with Crippen LogP contribution in [0.1, 0.15) is 11.1 Å². The Labute approximate surface area is 116 Å². The fourth-order valence-electron chi connectivity index (χ4n) is 2.32. The second-order valence-corrected chi connectivity index (χ2v) is 4.70. The van der Waals surface area contributed by atoms with Crippen molar-refractivity contribution in [1.29, 1.82) is 0 Å². The molecule has 0 fully saturated rings. The van der Waals surface area contributed by atoms with E-state index in [1.807, 2.05) is 26.0 Å². The molecule has 0 saturated carbocycles. The molecule has 1 aromatic carbocycles. The van der Waals surface area contributed by atoms with E-state index in [-0.39, 0.29) is 5.95 Å². The number of ether oxygens (including phenoxy) is 1. The molecule has 0 bridgehead atoms. The number of fused-ring (bicyclic) bond motifs is 1. The molecule has 20 heavy (non-hydrogen) atoms. The second-order valence-electron chi connectivity index (χ2n) is 4.70. The number of rotatable bonds is 2. The Hall–Kier alpha value is -2.63. The van der Waals surface area contributed by atoms with E-state index >= 15 is 0 Å². The monoisotopic (exact) mass is 269 g/mol. The predicted octanol–water partition coefficient (Wildman–Crippen LogP) is 2.23. The topological polar surface area (TPSA) is 89.7 Å². The first-order valence-corrected chi connectivity index (χ1v) is 6.22. The van der Waals surface area contributed by atoms with Gasteiger partial charge in [-0.05, 0) is 37.1 Å². The molecule has 0 unspecified atom stereocenters. The van der Waals surface area contributed by atoms with Crippen molar-refractivity contribution in [2.24, 2.45) is 0 Å². The summed E-state index contributed by atoms with van der Waals surface area (Å²) in [6.45, 7) is 4.01. The van der Waals surface area contributed by atoms with Crippen LogP contribution in [0, 0.1) is 13.8 Å². The van der Waals surface area contributed by atoms with Gasteiger partial charge in [-0.3, -0.25) is 5.10 Å². The van der Waals surface area contributed by atoms with Crippen molar-refractivity contribution in [3.05, 3.63) is 29.5 Å². The highest BCUT2D eigenvalue weighted by atomic mass is 16.5. The smallest absolute Gasteiger partial charge is 0.222 e. The SMILES string of the molecule is COc1cc(C)c(-c2nc(N)nc3[nH]ncc23)cc1C. The van der Waals surface area contributed by atoms with E-state index in [1.165, 1.54) is 0 Å². The highest BCUT2D eigenvalue weighted by Crippen LogP contribution is 2.32. The van der Waals surface area contributed by atoms with E-state index in [4.69, 9.17) is 10.5 Å². The molecular formula is C14H15N5O. The lowest BCUT2D eigenvalue weighted by atomic mass is 10.0. The molecule has 2 heterocycles. The Morgan fingerprint density at radius 1 is 1.15 bits per heavy atom. The average Bonchev–Trinajstić information content (AvgIpc) is 2.88. The van der Waals surface area contributed by atoms with Gasteiger partial charge in [0.05, 0.1) is 24.4 Å². The quantitative estimate of drug-likeness (QED) is 0.744. The molecule has 102 valence electrons. The minimum atomic E-state index is 0.227. The molecule has 0 aliphatic rings. The van der Waals surface area contributed by atoms with Crippen LogP contribution in [0.4, 0.5) is 5.95 Å². The summed E-state index contributed by atoms with van der Waals surface area (Å²) in [7, 11) is 1.67. The largest absolute Gasteiger partial charge is 0.496 e. The van der Waals surface area contributed by atoms with Crippen molar-refractivity contribution in [3.63, 3.8) is 0 Å². The van der Waals surface area contributed by atoms with Gasteiger partial charge in [-0.25, -0.2) is 4.98 Å². The van der Waals surface area contributed by atoms with Crippen LogP contribution in [-0.2, 0) is 0 Å². The number of hydrogen-bond acceptors (Lipinski definition) is 5. The number of H-pyrrole nitrogens is 1. The van der Waals surface area contributed by atoms with Crippen LogP contribution in [0.5, 0.6) is 5.75 Å². The van der Waals surface area contributed by atoms with E-state index in [0.717, 1.165) is 33.5 Å². The number of nitrogens with zero attached hydrogens (tertiary/aromatic N) is 3. The highest BCUT2D eigenvalue weighted by Gasteiger charge is 2.14.